The average Bonchev–Trinajstić information content (AvgIpc) is 3.25. The van der Waals surface area contributed by atoms with Gasteiger partial charge in [0.15, 0.2) is 0 Å². The van der Waals surface area contributed by atoms with Crippen LogP contribution in [0.15, 0.2) is 103 Å². The van der Waals surface area contributed by atoms with Gasteiger partial charge in [-0.15, -0.1) is 0 Å². The zero-order valence-corrected chi connectivity index (χ0v) is 35.2. The van der Waals surface area contributed by atoms with Crippen molar-refractivity contribution in [3.8, 4) is 11.8 Å². The minimum absolute atomic E-state index is 0.0456. The Balaban J connectivity index is 1.53. The van der Waals surface area contributed by atoms with Gasteiger partial charge in [0.05, 0.1) is 17.9 Å². The van der Waals surface area contributed by atoms with Crippen LogP contribution in [0.3, 0.4) is 0 Å². The number of alkyl halides is 9. The molecule has 0 spiro atoms. The van der Waals surface area contributed by atoms with Crippen LogP contribution in [0.5, 0.6) is 0 Å². The Bertz CT molecular complexity index is 2490. The lowest BCUT2D eigenvalue weighted by Crippen LogP contribution is -2.40. The number of carbonyl (C=O) groups is 3. The number of hydrogen-bond acceptors (Lipinski definition) is 11. The van der Waals surface area contributed by atoms with Crippen molar-refractivity contribution in [2.45, 2.75) is 51.3 Å². The molecule has 0 atom stereocenters. The van der Waals surface area contributed by atoms with Crippen molar-refractivity contribution >= 4 is 34.6 Å². The van der Waals surface area contributed by atoms with E-state index in [1.54, 1.807) is 30.3 Å². The molecule has 0 fully saturated rings. The van der Waals surface area contributed by atoms with Crippen LogP contribution in [0.25, 0.3) is 17.3 Å². The fourth-order valence-corrected chi connectivity index (χ4v) is 6.89. The summed E-state index contributed by atoms with van der Waals surface area (Å²) in [7, 11) is 0. The van der Waals surface area contributed by atoms with Crippen molar-refractivity contribution in [3.63, 3.8) is 0 Å². The van der Waals surface area contributed by atoms with E-state index in [-0.39, 0.29) is 100 Å². The molecule has 0 saturated heterocycles. The topological polar surface area (TPSA) is 161 Å². The van der Waals surface area contributed by atoms with Gasteiger partial charge in [-0.05, 0) is 47.0 Å². The Morgan fingerprint density at radius 3 is 1.21 bits per heavy atom. The molecule has 20 heteroatoms. The number of aromatic nitrogens is 1. The number of pyridine rings is 1. The third kappa shape index (κ3) is 15.7. The standard InChI is InChI=1S/C47H42F9N5O6/c48-45(49,50)42(65)22-39(62)34-9-1-5-31(17-34)25-59-13-15-60(26-32-6-2-10-35(18-32)40(63)23-43(66)46(51,52)53)28-37-20-30(8-4-12-57)21-38(58-37)29-61(16-14-59)27-33-7-3-11-36(19-33)41(64)24-44(67)47(54,55)56/h1-3,5-7,9-11,17-24,62-64H,12-16,25-29,57H2. The molecule has 5 rings (SSSR count). The summed E-state index contributed by atoms with van der Waals surface area (Å²) in [6, 6.07) is 21.3. The van der Waals surface area contributed by atoms with E-state index in [0.29, 0.717) is 33.6 Å². The molecule has 1 aliphatic rings. The maximum atomic E-state index is 13.0. The zero-order valence-electron chi connectivity index (χ0n) is 35.2. The van der Waals surface area contributed by atoms with Gasteiger partial charge in [0.2, 0.25) is 0 Å². The minimum Gasteiger partial charge on any atom is -0.507 e. The van der Waals surface area contributed by atoms with Gasteiger partial charge in [0.1, 0.15) is 17.3 Å². The maximum Gasteiger partial charge on any atom is 0.454 e. The summed E-state index contributed by atoms with van der Waals surface area (Å²) in [6.45, 7) is 1.98. The first-order valence-corrected chi connectivity index (χ1v) is 20.2. The molecular weight excluding hydrogens is 902 g/mol. The second-order valence-electron chi connectivity index (χ2n) is 15.3. The number of ketones is 3. The smallest absolute Gasteiger partial charge is 0.454 e. The van der Waals surface area contributed by atoms with Crippen LogP contribution in [0.2, 0.25) is 0 Å². The van der Waals surface area contributed by atoms with Crippen molar-refractivity contribution in [2.75, 3.05) is 32.7 Å². The van der Waals surface area contributed by atoms with E-state index in [1.807, 2.05) is 14.7 Å². The van der Waals surface area contributed by atoms with Crippen LogP contribution < -0.4 is 5.73 Å². The average molecular weight is 944 g/mol. The monoisotopic (exact) mass is 943 g/mol. The predicted octanol–water partition coefficient (Wildman–Crippen LogP) is 8.00. The van der Waals surface area contributed by atoms with Crippen molar-refractivity contribution in [1.82, 2.24) is 19.7 Å². The van der Waals surface area contributed by atoms with Crippen LogP contribution >= 0.6 is 0 Å². The molecule has 3 aromatic carbocycles. The number of fused-ring (bicyclic) bond motifs is 2. The summed E-state index contributed by atoms with van der Waals surface area (Å²) in [6.07, 6.45) is -15.4. The Kier molecular flexibility index (Phi) is 16.9. The van der Waals surface area contributed by atoms with Crippen molar-refractivity contribution < 1.29 is 69.2 Å². The summed E-state index contributed by atoms with van der Waals surface area (Å²) < 4.78 is 117. The number of rotatable bonds is 12. The van der Waals surface area contributed by atoms with E-state index < -0.39 is 53.2 Å². The van der Waals surface area contributed by atoms with E-state index in [1.165, 1.54) is 54.6 Å². The van der Waals surface area contributed by atoms with Gasteiger partial charge in [-0.3, -0.25) is 34.1 Å². The highest BCUT2D eigenvalue weighted by molar-refractivity contribution is 6.00. The molecule has 1 aliphatic heterocycles. The fourth-order valence-electron chi connectivity index (χ4n) is 6.89. The highest BCUT2D eigenvalue weighted by Crippen LogP contribution is 2.25. The Morgan fingerprint density at radius 1 is 0.552 bits per heavy atom. The molecular formula is C47H42F9N5O6. The number of aliphatic hydroxyl groups excluding tert-OH is 3. The predicted molar refractivity (Wildman–Crippen MR) is 228 cm³/mol. The number of nitrogens with two attached hydrogens (primary N) is 1. The third-order valence-electron chi connectivity index (χ3n) is 10.0. The lowest BCUT2D eigenvalue weighted by Gasteiger charge is -2.31. The number of allylic oxidation sites excluding steroid dienone is 3. The van der Waals surface area contributed by atoms with Crippen LogP contribution in [0, 0.1) is 11.8 Å². The maximum absolute atomic E-state index is 13.0. The van der Waals surface area contributed by atoms with Gasteiger partial charge in [0.25, 0.3) is 17.3 Å². The number of aliphatic hydroxyl groups is 3. The Hall–Kier alpha value is -6.79. The first kappa shape index (κ1) is 51.2. The lowest BCUT2D eigenvalue weighted by atomic mass is 10.1. The molecule has 0 amide bonds. The normalized spacial score (nSPS) is 15.5. The van der Waals surface area contributed by atoms with Gasteiger partial charge >= 0.3 is 18.5 Å². The van der Waals surface area contributed by atoms with E-state index in [4.69, 9.17) is 10.7 Å². The van der Waals surface area contributed by atoms with Crippen molar-refractivity contribution in [3.05, 3.63) is 153 Å². The highest BCUT2D eigenvalue weighted by Gasteiger charge is 2.38. The summed E-state index contributed by atoms with van der Waals surface area (Å²) in [5.74, 6) is -3.61. The first-order valence-electron chi connectivity index (χ1n) is 20.2. The van der Waals surface area contributed by atoms with Crippen molar-refractivity contribution in [2.24, 2.45) is 5.73 Å². The van der Waals surface area contributed by atoms with Gasteiger partial charge in [-0.2, -0.15) is 39.5 Å². The number of hydrogen-bond donors (Lipinski definition) is 4. The third-order valence-corrected chi connectivity index (χ3v) is 10.0. The highest BCUT2D eigenvalue weighted by atomic mass is 19.4. The van der Waals surface area contributed by atoms with E-state index in [2.05, 4.69) is 11.8 Å². The number of halogens is 9. The first-order chi connectivity index (χ1) is 31.5. The van der Waals surface area contributed by atoms with E-state index in [9.17, 15) is 69.2 Å². The van der Waals surface area contributed by atoms with Gasteiger partial charge in [-0.1, -0.05) is 66.4 Å². The van der Waals surface area contributed by atoms with Crippen LogP contribution in [0.1, 0.15) is 50.3 Å². The van der Waals surface area contributed by atoms with Crippen molar-refractivity contribution in [1.29, 1.82) is 0 Å². The molecule has 1 aromatic heterocycles. The molecule has 4 aromatic rings. The minimum atomic E-state index is -5.22. The molecule has 5 N–H and O–H groups in total. The molecule has 2 heterocycles. The number of nitrogens with zero attached hydrogens (tertiary/aromatic N) is 4. The quantitative estimate of drug-likeness (QED) is 0.0472. The molecule has 0 unspecified atom stereocenters. The molecule has 354 valence electrons. The van der Waals surface area contributed by atoms with Gasteiger partial charge < -0.3 is 21.1 Å². The largest absolute Gasteiger partial charge is 0.507 e. The number of carbonyl (C=O) groups excluding carboxylic acids is 3. The summed E-state index contributed by atoms with van der Waals surface area (Å²) >= 11 is 0. The number of benzene rings is 3. The molecule has 67 heavy (non-hydrogen) atoms. The van der Waals surface area contributed by atoms with Gasteiger partial charge in [-0.25, -0.2) is 0 Å². The molecule has 2 bridgehead atoms. The van der Waals surface area contributed by atoms with Crippen LogP contribution in [0.4, 0.5) is 39.5 Å². The molecule has 0 saturated carbocycles. The second kappa shape index (κ2) is 22.1. The summed E-state index contributed by atoms with van der Waals surface area (Å²) in [5.41, 5.74) is 8.76. The molecule has 11 nitrogen and oxygen atoms in total. The molecule has 0 radical (unpaired) electrons. The fraction of sp³-hybridized carbons (Fsp3) is 0.277. The van der Waals surface area contributed by atoms with E-state index in [0.717, 1.165) is 0 Å². The Labute approximate surface area is 377 Å². The van der Waals surface area contributed by atoms with Crippen LogP contribution in [-0.2, 0) is 47.1 Å². The summed E-state index contributed by atoms with van der Waals surface area (Å²) in [4.78, 5) is 45.6. The second-order valence-corrected chi connectivity index (χ2v) is 15.3. The molecule has 0 aliphatic carbocycles. The zero-order chi connectivity index (χ0) is 49.1. The van der Waals surface area contributed by atoms with E-state index >= 15 is 0 Å². The summed E-state index contributed by atoms with van der Waals surface area (Å²) in [5, 5.41) is 31.3. The Morgan fingerprint density at radius 2 is 0.881 bits per heavy atom. The lowest BCUT2D eigenvalue weighted by molar-refractivity contribution is -0.165. The van der Waals surface area contributed by atoms with Gasteiger partial charge in [0, 0.05) is 99.4 Å². The van der Waals surface area contributed by atoms with Crippen LogP contribution in [-0.4, -0.2) is 104 Å². The SMILES string of the molecule is NCC#Cc1cc2nc(c1)CN(Cc1cccc(C(O)=CC(=O)C(F)(F)F)c1)CCN(Cc1cccc(C(O)=CC(=O)C(F)(F)F)c1)CCN(Cc1cccc(C(O)=CC(=O)C(F)(F)F)c1)C2.